The third-order valence-electron chi connectivity index (χ3n) is 6.50. The standard InChI is InChI=1S/C27H54Br3O4P/c1-19(2,3)25(28,20(4,5)6)32-35(31,33-26(29,21(7,8)9)22(10,11)12)34-27(30,23(13,14)15)24(16,17)18/h1-18H3. The van der Waals surface area contributed by atoms with Crippen molar-refractivity contribution in [2.24, 2.45) is 32.5 Å². The van der Waals surface area contributed by atoms with Crippen LogP contribution >= 0.6 is 55.6 Å². The van der Waals surface area contributed by atoms with E-state index in [0.717, 1.165) is 0 Å². The molecule has 4 nitrogen and oxygen atoms in total. The van der Waals surface area contributed by atoms with Crippen molar-refractivity contribution in [2.75, 3.05) is 0 Å². The number of phosphoric acid groups is 1. The molecule has 0 saturated heterocycles. The first-order valence-corrected chi connectivity index (χ1v) is 16.2. The van der Waals surface area contributed by atoms with Crippen molar-refractivity contribution in [3.63, 3.8) is 0 Å². The monoisotopic (exact) mass is 710 g/mol. The molecule has 8 heteroatoms. The number of alkyl halides is 3. The Bertz CT molecular complexity index is 636. The molecule has 0 aliphatic carbocycles. The molecule has 0 aromatic heterocycles. The molecule has 0 fully saturated rings. The van der Waals surface area contributed by atoms with E-state index in [1.54, 1.807) is 0 Å². The van der Waals surface area contributed by atoms with E-state index < -0.39 is 53.8 Å². The predicted molar refractivity (Wildman–Crippen MR) is 163 cm³/mol. The molecule has 0 atom stereocenters. The highest BCUT2D eigenvalue weighted by molar-refractivity contribution is 9.10. The summed E-state index contributed by atoms with van der Waals surface area (Å²) in [5.41, 5.74) is -2.72. The van der Waals surface area contributed by atoms with Gasteiger partial charge in [-0.15, -0.1) is 0 Å². The first kappa shape index (κ1) is 36.5. The Morgan fingerprint density at radius 1 is 0.371 bits per heavy atom. The molecular weight excluding hydrogens is 659 g/mol. The molecule has 35 heavy (non-hydrogen) atoms. The number of halogens is 3. The minimum absolute atomic E-state index is 0.454. The molecule has 0 heterocycles. The van der Waals surface area contributed by atoms with Crippen LogP contribution in [0.4, 0.5) is 0 Å². The van der Waals surface area contributed by atoms with Crippen molar-refractivity contribution >= 4 is 55.6 Å². The van der Waals surface area contributed by atoms with Gasteiger partial charge < -0.3 is 0 Å². The first-order chi connectivity index (χ1) is 14.6. The molecule has 0 N–H and O–H groups in total. The van der Waals surface area contributed by atoms with Crippen LogP contribution in [0.5, 0.6) is 0 Å². The van der Waals surface area contributed by atoms with Gasteiger partial charge in [0.2, 0.25) is 0 Å². The maximum atomic E-state index is 15.2. The molecule has 0 aromatic carbocycles. The fourth-order valence-corrected chi connectivity index (χ4v) is 8.99. The average molecular weight is 713 g/mol. The summed E-state index contributed by atoms with van der Waals surface area (Å²) >= 11 is 11.7. The van der Waals surface area contributed by atoms with Crippen LogP contribution < -0.4 is 0 Å². The Kier molecular flexibility index (Phi) is 10.6. The van der Waals surface area contributed by atoms with E-state index in [0.29, 0.717) is 0 Å². The van der Waals surface area contributed by atoms with Crippen molar-refractivity contribution in [1.29, 1.82) is 0 Å². The zero-order valence-electron chi connectivity index (χ0n) is 25.7. The van der Waals surface area contributed by atoms with E-state index in [-0.39, 0.29) is 0 Å². The van der Waals surface area contributed by atoms with E-state index in [1.165, 1.54) is 0 Å². The zero-order valence-corrected chi connectivity index (χ0v) is 31.4. The number of rotatable bonds is 6. The van der Waals surface area contributed by atoms with Crippen molar-refractivity contribution in [1.82, 2.24) is 0 Å². The van der Waals surface area contributed by atoms with Crippen LogP contribution in [0, 0.1) is 32.5 Å². The largest absolute Gasteiger partial charge is 0.479 e. The normalized spacial score (nSPS) is 16.6. The van der Waals surface area contributed by atoms with Crippen molar-refractivity contribution in [3.05, 3.63) is 0 Å². The van der Waals surface area contributed by atoms with E-state index in [1.807, 2.05) is 0 Å². The third-order valence-corrected chi connectivity index (χ3v) is 16.4. The maximum absolute atomic E-state index is 15.2. The first-order valence-electron chi connectivity index (χ1n) is 12.4. The molecular formula is C27H54Br3O4P. The van der Waals surface area contributed by atoms with Gasteiger partial charge in [-0.25, -0.2) is 4.57 Å². The highest BCUT2D eigenvalue weighted by Crippen LogP contribution is 2.72. The van der Waals surface area contributed by atoms with Crippen LogP contribution in [0.25, 0.3) is 0 Å². The zero-order chi connectivity index (χ0) is 29.1. The lowest BCUT2D eigenvalue weighted by atomic mass is 9.74. The second-order valence-electron chi connectivity index (χ2n) is 16.0. The van der Waals surface area contributed by atoms with Crippen LogP contribution in [0.2, 0.25) is 0 Å². The van der Waals surface area contributed by atoms with Gasteiger partial charge in [-0.1, -0.05) is 172 Å². The minimum atomic E-state index is -4.30. The molecule has 0 bridgehead atoms. The molecule has 0 rings (SSSR count). The van der Waals surface area contributed by atoms with E-state index in [2.05, 4.69) is 172 Å². The summed E-state index contributed by atoms with van der Waals surface area (Å²) in [4.78, 5) is 0. The van der Waals surface area contributed by atoms with Gasteiger partial charge in [-0.3, -0.25) is 13.6 Å². The highest BCUT2D eigenvalue weighted by atomic mass is 79.9. The van der Waals surface area contributed by atoms with Crippen molar-refractivity contribution < 1.29 is 18.1 Å². The van der Waals surface area contributed by atoms with Gasteiger partial charge in [0.25, 0.3) is 0 Å². The lowest BCUT2D eigenvalue weighted by Crippen LogP contribution is -2.54. The summed E-state index contributed by atoms with van der Waals surface area (Å²) in [5.74, 6) is 0. The van der Waals surface area contributed by atoms with Crippen LogP contribution in [0.15, 0.2) is 0 Å². The number of hydrogen-bond acceptors (Lipinski definition) is 4. The molecule has 0 unspecified atom stereocenters. The van der Waals surface area contributed by atoms with Crippen LogP contribution in [0.1, 0.15) is 125 Å². The molecule has 0 aliphatic rings. The maximum Gasteiger partial charge on any atom is 0.479 e. The molecule has 0 spiro atoms. The van der Waals surface area contributed by atoms with E-state index >= 15 is 4.57 Å². The third kappa shape index (κ3) is 7.40. The van der Waals surface area contributed by atoms with Crippen molar-refractivity contribution in [3.8, 4) is 0 Å². The average Bonchev–Trinajstić information content (AvgIpc) is 2.47. The predicted octanol–water partition coefficient (Wildman–Crippen LogP) is 11.7. The highest BCUT2D eigenvalue weighted by Gasteiger charge is 2.63. The molecule has 0 aromatic rings. The van der Waals surface area contributed by atoms with Gasteiger partial charge in [0.15, 0.2) is 0 Å². The molecule has 0 amide bonds. The Morgan fingerprint density at radius 3 is 0.571 bits per heavy atom. The van der Waals surface area contributed by atoms with Gasteiger partial charge >= 0.3 is 7.82 Å². The SMILES string of the molecule is CC(C)(C)C(Br)(OP(=O)(OC(Br)(C(C)(C)C)C(C)(C)C)OC(Br)(C(C)(C)C)C(C)(C)C)C(C)(C)C. The summed E-state index contributed by atoms with van der Waals surface area (Å²) < 4.78 is 32.1. The lowest BCUT2D eigenvalue weighted by Gasteiger charge is -2.55. The smallest absolute Gasteiger partial charge is 0.267 e. The Balaban J connectivity index is 7.42. The number of phosphoric ester groups is 1. The summed E-state index contributed by atoms with van der Waals surface area (Å²) in [6.07, 6.45) is 0. The van der Waals surface area contributed by atoms with Gasteiger partial charge in [0, 0.05) is 32.5 Å². The van der Waals surface area contributed by atoms with E-state index in [4.69, 9.17) is 13.6 Å². The Morgan fingerprint density at radius 2 is 0.486 bits per heavy atom. The molecule has 0 aliphatic heterocycles. The van der Waals surface area contributed by atoms with Gasteiger partial charge in [-0.05, 0) is 0 Å². The van der Waals surface area contributed by atoms with Crippen molar-refractivity contribution in [2.45, 2.75) is 138 Å². The quantitative estimate of drug-likeness (QED) is 0.203. The topological polar surface area (TPSA) is 44.8 Å². The second-order valence-corrected chi connectivity index (χ2v) is 20.8. The fraction of sp³-hybridized carbons (Fsp3) is 1.00. The summed E-state index contributed by atoms with van der Waals surface area (Å²) in [7, 11) is -4.30. The van der Waals surface area contributed by atoms with Crippen LogP contribution in [-0.4, -0.2) is 13.5 Å². The fourth-order valence-electron chi connectivity index (χ4n) is 4.71. The van der Waals surface area contributed by atoms with Gasteiger partial charge in [0.1, 0.15) is 13.5 Å². The van der Waals surface area contributed by atoms with Gasteiger partial charge in [0.05, 0.1) is 0 Å². The minimum Gasteiger partial charge on any atom is -0.267 e. The lowest BCUT2D eigenvalue weighted by molar-refractivity contribution is -0.126. The Labute approximate surface area is 243 Å². The Hall–Kier alpha value is 1.55. The summed E-state index contributed by atoms with van der Waals surface area (Å²) in [6, 6.07) is 0. The van der Waals surface area contributed by atoms with E-state index in [9.17, 15) is 0 Å². The second kappa shape index (κ2) is 10.2. The molecule has 212 valence electrons. The number of hydrogen-bond donors (Lipinski definition) is 0. The van der Waals surface area contributed by atoms with Crippen LogP contribution in [0.3, 0.4) is 0 Å². The van der Waals surface area contributed by atoms with Gasteiger partial charge in [-0.2, -0.15) is 0 Å². The molecule has 0 saturated carbocycles. The molecule has 0 radical (unpaired) electrons. The summed E-state index contributed by atoms with van der Waals surface area (Å²) in [5, 5.41) is 0. The van der Waals surface area contributed by atoms with Crippen LogP contribution in [-0.2, 0) is 18.1 Å². The summed E-state index contributed by atoms with van der Waals surface area (Å²) in [6.45, 7) is 37.0.